The van der Waals surface area contributed by atoms with Crippen molar-refractivity contribution in [2.24, 2.45) is 9.98 Å². The molecule has 61 heavy (non-hydrogen) atoms. The number of benzene rings is 3. The van der Waals surface area contributed by atoms with E-state index in [0.717, 1.165) is 0 Å². The van der Waals surface area contributed by atoms with E-state index in [4.69, 9.17) is 24.4 Å². The number of rotatable bonds is 8. The summed E-state index contributed by atoms with van der Waals surface area (Å²) in [6, 6.07) is 12.9. The number of allylic oxidation sites excluding steroid dienone is 1. The topological polar surface area (TPSA) is 271 Å². The van der Waals surface area contributed by atoms with Gasteiger partial charge in [0.05, 0.1) is 24.5 Å². The number of aliphatic hydroxyl groups excluding tert-OH is 5. The molecule has 8 atom stereocenters. The first kappa shape index (κ1) is 40.4. The second kappa shape index (κ2) is 15.8. The molecule has 2 aliphatic carbocycles. The Balaban J connectivity index is 1.31. The molecule has 2 fully saturated rings. The van der Waals surface area contributed by atoms with Gasteiger partial charge in [-0.1, -0.05) is 24.3 Å². The third-order valence-electron chi connectivity index (χ3n) is 12.2. The number of aldehydes is 1. The van der Waals surface area contributed by atoms with E-state index in [1.54, 1.807) is 30.3 Å². The number of ether oxygens (including phenoxy) is 4. The van der Waals surface area contributed by atoms with Crippen LogP contribution in [0.25, 0.3) is 0 Å². The van der Waals surface area contributed by atoms with Gasteiger partial charge in [-0.15, -0.1) is 0 Å². The van der Waals surface area contributed by atoms with Gasteiger partial charge < -0.3 is 49.3 Å². The average molecular weight is 837 g/mol. The monoisotopic (exact) mass is 836 g/mol. The Hall–Kier alpha value is -5.99. The van der Waals surface area contributed by atoms with E-state index in [2.05, 4.69) is 15.3 Å². The average Bonchev–Trinajstić information content (AvgIpc) is 3.91. The van der Waals surface area contributed by atoms with Gasteiger partial charge in [-0.2, -0.15) is 4.99 Å². The van der Waals surface area contributed by atoms with Crippen LogP contribution in [-0.4, -0.2) is 122 Å². The molecule has 6 aliphatic rings. The lowest BCUT2D eigenvalue weighted by atomic mass is 9.79. The number of guanidine groups is 1. The Bertz CT molecular complexity index is 2460. The van der Waals surface area contributed by atoms with Gasteiger partial charge in [0.15, 0.2) is 29.7 Å². The van der Waals surface area contributed by atoms with Gasteiger partial charge in [0.2, 0.25) is 18.0 Å². The number of nitrogens with one attached hydrogen (secondary N) is 3. The molecule has 0 aromatic heterocycles. The highest BCUT2D eigenvalue weighted by Gasteiger charge is 2.56. The molecule has 1 saturated heterocycles. The highest BCUT2D eigenvalue weighted by Crippen LogP contribution is 2.50. The third kappa shape index (κ3) is 6.76. The van der Waals surface area contributed by atoms with Crippen LogP contribution in [-0.2, 0) is 25.7 Å². The molecule has 1 saturated carbocycles. The minimum Gasteiger partial charge on any atom is -0.492 e. The molecule has 4 aliphatic heterocycles. The summed E-state index contributed by atoms with van der Waals surface area (Å²) in [6.07, 6.45) is -4.16. The third-order valence-corrected chi connectivity index (χ3v) is 12.2. The molecule has 8 unspecified atom stereocenters. The van der Waals surface area contributed by atoms with Crippen molar-refractivity contribution in [3.05, 3.63) is 99.8 Å². The number of ketones is 2. The number of quaternary nitrogens is 1. The summed E-state index contributed by atoms with van der Waals surface area (Å²) < 4.78 is 25.8. The van der Waals surface area contributed by atoms with Crippen molar-refractivity contribution in [3.8, 4) is 11.5 Å². The first-order valence-electron chi connectivity index (χ1n) is 19.9. The maximum Gasteiger partial charge on any atom is 0.284 e. The molecule has 3 aromatic rings. The SMILES string of the molecule is N=C1N=C2C(=NC[NH+]2c2ccccc2C2C=COC3(CCCC3)C3OC(Oc4c2cc2c(c4OCC(O)CC=O)C(=O)c4cc(CO)ccc4C2=O)C(O)C(O)C3O)C(=O)N1. The summed E-state index contributed by atoms with van der Waals surface area (Å²) >= 11 is 0. The Morgan fingerprint density at radius 1 is 0.984 bits per heavy atom. The standard InChI is InChI=1S/C43H41N5O13/c44-42-46-39-30(40(57)47-42)45-19-48(39)28-6-2-1-5-23(28)22-10-14-59-43(11-3-4-12-43)38-34(55)33(54)35(56)41(61-38)60-36-26(22)16-27-29(37(36)58-18-21(51)9-13-49)32(53)25-15-20(17-50)7-8-24(25)31(27)52/h1-2,5-8,10,13-16,21-22,33-35,38,41,50-51,54-56H,3-4,9,11-12,17-19H2,(H2,44,47,57)/p+1. The zero-order valence-electron chi connectivity index (χ0n) is 32.4. The Labute approximate surface area is 347 Å². The Morgan fingerprint density at radius 2 is 1.77 bits per heavy atom. The lowest BCUT2D eigenvalue weighted by molar-refractivity contribution is -0.723. The summed E-state index contributed by atoms with van der Waals surface area (Å²) in [7, 11) is 0. The van der Waals surface area contributed by atoms with Gasteiger partial charge in [-0.25, -0.2) is 9.89 Å². The largest absolute Gasteiger partial charge is 0.492 e. The van der Waals surface area contributed by atoms with E-state index >= 15 is 0 Å². The van der Waals surface area contributed by atoms with Crippen LogP contribution >= 0.6 is 0 Å². The maximum absolute atomic E-state index is 14.7. The minimum atomic E-state index is -1.87. The van der Waals surface area contributed by atoms with Gasteiger partial charge in [0, 0.05) is 40.2 Å². The lowest BCUT2D eigenvalue weighted by Crippen LogP contribution is -3.09. The van der Waals surface area contributed by atoms with Crippen molar-refractivity contribution in [1.82, 2.24) is 5.32 Å². The molecule has 1 spiro atoms. The number of para-hydroxylation sites is 1. The molecule has 4 heterocycles. The van der Waals surface area contributed by atoms with Crippen LogP contribution in [0.3, 0.4) is 0 Å². The molecule has 18 nitrogen and oxygen atoms in total. The van der Waals surface area contributed by atoms with E-state index < -0.39 is 79.0 Å². The van der Waals surface area contributed by atoms with Crippen LogP contribution in [0.1, 0.15) is 86.6 Å². The molecule has 0 radical (unpaired) electrons. The highest BCUT2D eigenvalue weighted by atomic mass is 16.7. The summed E-state index contributed by atoms with van der Waals surface area (Å²) in [6.45, 7) is -0.968. The predicted molar refractivity (Wildman–Crippen MR) is 211 cm³/mol. The molecule has 18 heteroatoms. The minimum absolute atomic E-state index is 0.0254. The fourth-order valence-electron chi connectivity index (χ4n) is 9.15. The molecular formula is C43H42N5O13+. The van der Waals surface area contributed by atoms with Crippen molar-refractivity contribution >= 4 is 47.0 Å². The summed E-state index contributed by atoms with van der Waals surface area (Å²) in [4.78, 5) is 62.9. The van der Waals surface area contributed by atoms with E-state index in [0.29, 0.717) is 53.7 Å². The summed E-state index contributed by atoms with van der Waals surface area (Å²) in [5.74, 6) is -3.61. The van der Waals surface area contributed by atoms with Crippen LogP contribution in [0, 0.1) is 5.41 Å². The number of nitrogens with zero attached hydrogens (tertiary/aromatic N) is 2. The van der Waals surface area contributed by atoms with Gasteiger partial charge in [0.25, 0.3) is 11.7 Å². The molecular weight excluding hydrogens is 794 g/mol. The van der Waals surface area contributed by atoms with Gasteiger partial charge in [-0.05, 0) is 61.6 Å². The number of carbonyl (C=O) groups is 4. The number of hydrogen-bond donors (Lipinski definition) is 8. The molecule has 9 rings (SSSR count). The molecule has 316 valence electrons. The van der Waals surface area contributed by atoms with Gasteiger partial charge in [0.1, 0.15) is 48.6 Å². The number of amides is 1. The summed E-state index contributed by atoms with van der Waals surface area (Å²) in [5.41, 5.74) is 0.0581. The number of hydrogen-bond acceptors (Lipinski definition) is 15. The Kier molecular flexibility index (Phi) is 10.5. The number of amidine groups is 1. The highest BCUT2D eigenvalue weighted by molar-refractivity contribution is 6.68. The predicted octanol–water partition coefficient (Wildman–Crippen LogP) is -0.150. The quantitative estimate of drug-likeness (QED) is 0.108. The van der Waals surface area contributed by atoms with Crippen molar-refractivity contribution < 1.29 is 68.6 Å². The zero-order chi connectivity index (χ0) is 42.7. The number of aliphatic imine (C=N–C) groups is 2. The van der Waals surface area contributed by atoms with E-state index in [9.17, 15) is 44.7 Å². The van der Waals surface area contributed by atoms with Crippen LogP contribution in [0.5, 0.6) is 11.5 Å². The van der Waals surface area contributed by atoms with Crippen molar-refractivity contribution in [2.75, 3.05) is 13.3 Å². The number of fused-ring (bicyclic) bond motifs is 7. The molecule has 8 N–H and O–H groups in total. The van der Waals surface area contributed by atoms with Crippen molar-refractivity contribution in [3.63, 3.8) is 0 Å². The van der Waals surface area contributed by atoms with Crippen LogP contribution in [0.4, 0.5) is 5.69 Å². The van der Waals surface area contributed by atoms with Gasteiger partial charge >= 0.3 is 0 Å². The summed E-state index contributed by atoms with van der Waals surface area (Å²) in [5, 5.41) is 65.5. The fraction of sp³-hybridized carbons (Fsp3) is 0.372. The normalized spacial score (nSPS) is 27.9. The van der Waals surface area contributed by atoms with Crippen LogP contribution in [0.15, 0.2) is 70.9 Å². The smallest absolute Gasteiger partial charge is 0.284 e. The molecule has 3 aromatic carbocycles. The molecule has 1 amide bonds. The van der Waals surface area contributed by atoms with Crippen molar-refractivity contribution in [1.29, 1.82) is 5.41 Å². The lowest BCUT2D eigenvalue weighted by Gasteiger charge is -2.47. The van der Waals surface area contributed by atoms with Crippen LogP contribution in [0.2, 0.25) is 0 Å². The zero-order valence-corrected chi connectivity index (χ0v) is 32.4. The number of aliphatic hydroxyl groups is 5. The molecule has 2 bridgehead atoms. The van der Waals surface area contributed by atoms with Gasteiger partial charge in [-0.3, -0.25) is 25.1 Å². The van der Waals surface area contributed by atoms with E-state index in [-0.39, 0.29) is 69.9 Å². The van der Waals surface area contributed by atoms with Crippen LogP contribution < -0.4 is 19.7 Å². The fourth-order valence-corrected chi connectivity index (χ4v) is 9.15. The first-order chi connectivity index (χ1) is 29.4. The first-order valence-corrected chi connectivity index (χ1v) is 19.9. The van der Waals surface area contributed by atoms with Crippen molar-refractivity contribution in [2.45, 2.75) is 87.0 Å². The maximum atomic E-state index is 14.7. The van der Waals surface area contributed by atoms with E-state index in [1.165, 1.54) is 30.5 Å². The second-order valence-corrected chi connectivity index (χ2v) is 15.8. The second-order valence-electron chi connectivity index (χ2n) is 15.8. The Morgan fingerprint density at radius 3 is 2.54 bits per heavy atom. The van der Waals surface area contributed by atoms with E-state index in [1.807, 2.05) is 0 Å². The number of carbonyl (C=O) groups excluding carboxylic acids is 4.